The minimum atomic E-state index is -1.14. The highest BCUT2D eigenvalue weighted by atomic mass is 32.2. The first-order valence-electron chi connectivity index (χ1n) is 9.03. The van der Waals surface area contributed by atoms with E-state index in [1.165, 1.54) is 28.6 Å². The molecule has 9 heteroatoms. The van der Waals surface area contributed by atoms with Crippen LogP contribution in [0.2, 0.25) is 0 Å². The maximum Gasteiger partial charge on any atom is 0.240 e. The van der Waals surface area contributed by atoms with E-state index in [0.29, 0.717) is 23.6 Å². The molecule has 2 amide bonds. The summed E-state index contributed by atoms with van der Waals surface area (Å²) >= 11 is 1.33. The average Bonchev–Trinajstić information content (AvgIpc) is 2.53. The maximum atomic E-state index is 12.3. The molecule has 27 heavy (non-hydrogen) atoms. The molecule has 0 fully saturated rings. The molecule has 0 heterocycles. The van der Waals surface area contributed by atoms with Crippen LogP contribution >= 0.6 is 11.8 Å². The van der Waals surface area contributed by atoms with Gasteiger partial charge in [-0.25, -0.2) is 0 Å². The van der Waals surface area contributed by atoms with Crippen molar-refractivity contribution in [1.29, 1.82) is 0 Å². The molecule has 0 aromatic carbocycles. The maximum absolute atomic E-state index is 12.3. The molecule has 0 spiro atoms. The van der Waals surface area contributed by atoms with Crippen LogP contribution in [0.4, 0.5) is 0 Å². The summed E-state index contributed by atoms with van der Waals surface area (Å²) in [5.41, 5.74) is 4.34. The van der Waals surface area contributed by atoms with Gasteiger partial charge in [-0.3, -0.25) is 9.59 Å². The molecule has 0 aliphatic rings. The van der Waals surface area contributed by atoms with Gasteiger partial charge >= 0.3 is 0 Å². The van der Waals surface area contributed by atoms with Crippen LogP contribution < -0.4 is 5.73 Å². The van der Waals surface area contributed by atoms with Gasteiger partial charge in [-0.05, 0) is 34.4 Å². The van der Waals surface area contributed by atoms with Crippen molar-refractivity contribution in [2.75, 3.05) is 40.5 Å². The van der Waals surface area contributed by atoms with E-state index < -0.39 is 17.6 Å². The van der Waals surface area contributed by atoms with Crippen LogP contribution in [0.5, 0.6) is 0 Å². The van der Waals surface area contributed by atoms with Gasteiger partial charge in [-0.15, -0.1) is 11.8 Å². The summed E-state index contributed by atoms with van der Waals surface area (Å²) < 4.78 is 0. The van der Waals surface area contributed by atoms with Crippen molar-refractivity contribution in [1.82, 2.24) is 14.7 Å². The van der Waals surface area contributed by atoms with Gasteiger partial charge in [-0.1, -0.05) is 6.92 Å². The first kappa shape index (κ1) is 25.6. The molecule has 0 unspecified atom stereocenters. The number of primary amides is 1. The van der Waals surface area contributed by atoms with Crippen LogP contribution in [-0.2, 0) is 9.59 Å². The highest BCUT2D eigenvalue weighted by Crippen LogP contribution is 2.27. The fourth-order valence-corrected chi connectivity index (χ4v) is 3.55. The Hall–Kier alpha value is -1.45. The van der Waals surface area contributed by atoms with Gasteiger partial charge in [0.15, 0.2) is 0 Å². The summed E-state index contributed by atoms with van der Waals surface area (Å²) in [5.74, 6) is -0.343. The third kappa shape index (κ3) is 9.34. The predicted molar refractivity (Wildman–Crippen MR) is 110 cm³/mol. The molecule has 0 rings (SSSR count). The summed E-state index contributed by atoms with van der Waals surface area (Å²) in [4.78, 5) is 29.0. The number of rotatable bonds is 12. The van der Waals surface area contributed by atoms with Crippen molar-refractivity contribution in [3.05, 3.63) is 10.9 Å². The average molecular weight is 405 g/mol. The minimum Gasteiger partial charge on any atom is -0.493 e. The molecule has 0 aromatic heterocycles. The number of carbonyl (C=O) groups is 2. The number of amides is 2. The topological polar surface area (TPSA) is 110 Å². The van der Waals surface area contributed by atoms with Crippen LogP contribution in [0.15, 0.2) is 10.9 Å². The fraction of sp³-hybridized carbons (Fsp3) is 0.778. The van der Waals surface area contributed by atoms with E-state index in [-0.39, 0.29) is 18.2 Å². The number of hydrogen-bond acceptors (Lipinski definition) is 7. The first-order valence-corrected chi connectivity index (χ1v) is 10.0. The number of hydrogen-bond donors (Lipinski definition) is 3. The highest BCUT2D eigenvalue weighted by Gasteiger charge is 2.31. The number of nitrogens with two attached hydrogens (primary N) is 1. The molecule has 0 aliphatic heterocycles. The Balaban J connectivity index is 5.77. The van der Waals surface area contributed by atoms with Gasteiger partial charge < -0.3 is 30.6 Å². The Labute approximate surface area is 167 Å². The van der Waals surface area contributed by atoms with Crippen molar-refractivity contribution in [2.24, 2.45) is 5.73 Å². The summed E-state index contributed by atoms with van der Waals surface area (Å²) in [6.45, 7) is 5.80. The molecule has 0 aromatic rings. The summed E-state index contributed by atoms with van der Waals surface area (Å²) in [7, 11) is 7.01. The quantitative estimate of drug-likeness (QED) is 0.419. The van der Waals surface area contributed by atoms with Crippen molar-refractivity contribution in [3.63, 3.8) is 0 Å². The molecule has 8 nitrogen and oxygen atoms in total. The Kier molecular flexibility index (Phi) is 10.8. The monoisotopic (exact) mass is 404 g/mol. The molecule has 0 bridgehead atoms. The van der Waals surface area contributed by atoms with Crippen molar-refractivity contribution >= 4 is 23.6 Å². The van der Waals surface area contributed by atoms with E-state index in [2.05, 4.69) is 0 Å². The molecule has 0 saturated heterocycles. The fourth-order valence-electron chi connectivity index (χ4n) is 2.33. The lowest BCUT2D eigenvalue weighted by molar-refractivity contribution is -0.128. The van der Waals surface area contributed by atoms with Crippen LogP contribution in [-0.4, -0.2) is 88.9 Å². The number of carbonyl (C=O) groups excluding carboxylic acids is 2. The van der Waals surface area contributed by atoms with Gasteiger partial charge in [0.25, 0.3) is 0 Å². The second-order valence-corrected chi connectivity index (χ2v) is 8.61. The Morgan fingerprint density at radius 3 is 2.15 bits per heavy atom. The Morgan fingerprint density at radius 2 is 1.74 bits per heavy atom. The second-order valence-electron chi connectivity index (χ2n) is 7.53. The summed E-state index contributed by atoms with van der Waals surface area (Å²) in [5, 5.41) is 21.3. The van der Waals surface area contributed by atoms with Crippen molar-refractivity contribution in [2.45, 2.75) is 51.7 Å². The molecule has 4 N–H and O–H groups in total. The second kappa shape index (κ2) is 11.4. The first-order chi connectivity index (χ1) is 12.3. The van der Waals surface area contributed by atoms with Crippen molar-refractivity contribution < 1.29 is 19.8 Å². The van der Waals surface area contributed by atoms with E-state index in [1.807, 2.05) is 25.9 Å². The van der Waals surface area contributed by atoms with Crippen LogP contribution in [0, 0.1) is 0 Å². The summed E-state index contributed by atoms with van der Waals surface area (Å²) in [6, 6.07) is -0.913. The number of nitrogens with zero attached hydrogens (tertiary/aromatic N) is 3. The molecule has 1 atom stereocenters. The normalized spacial score (nSPS) is 14.0. The standard InChI is InChI=1S/C18H36N4O4S/c1-8-9-14(23)22(7)17(27-11-10-20(4)5)16(25)21(6)13(15(19)24)12-18(2,3)26/h13,25-26H,8-12H2,1-7H3,(H2,19,24)/b17-16-/t13-/m0/s1. The highest BCUT2D eigenvalue weighted by molar-refractivity contribution is 8.03. The van der Waals surface area contributed by atoms with E-state index in [9.17, 15) is 19.8 Å². The zero-order valence-electron chi connectivity index (χ0n) is 17.7. The van der Waals surface area contributed by atoms with Gasteiger partial charge in [0.05, 0.1) is 5.60 Å². The smallest absolute Gasteiger partial charge is 0.240 e. The summed E-state index contributed by atoms with van der Waals surface area (Å²) in [6.07, 6.45) is 1.09. The lowest BCUT2D eigenvalue weighted by Crippen LogP contribution is -2.47. The Morgan fingerprint density at radius 1 is 1.19 bits per heavy atom. The zero-order chi connectivity index (χ0) is 21.4. The van der Waals surface area contributed by atoms with E-state index in [1.54, 1.807) is 20.9 Å². The molecular weight excluding hydrogens is 368 g/mol. The molecule has 158 valence electrons. The van der Waals surface area contributed by atoms with E-state index in [4.69, 9.17) is 5.73 Å². The van der Waals surface area contributed by atoms with Crippen molar-refractivity contribution in [3.8, 4) is 0 Å². The third-order valence-corrected chi connectivity index (χ3v) is 5.05. The number of aliphatic hydroxyl groups is 2. The van der Waals surface area contributed by atoms with Crippen LogP contribution in [0.3, 0.4) is 0 Å². The van der Waals surface area contributed by atoms with E-state index in [0.717, 1.165) is 6.54 Å². The number of aliphatic hydroxyl groups excluding tert-OH is 1. The van der Waals surface area contributed by atoms with Gasteiger partial charge in [0.2, 0.25) is 17.7 Å². The van der Waals surface area contributed by atoms with Gasteiger partial charge in [-0.2, -0.15) is 0 Å². The largest absolute Gasteiger partial charge is 0.493 e. The SMILES string of the molecule is CCCC(=O)N(C)/C(SCCN(C)C)=C(/O)N(C)[C@@H](CC(C)(C)O)C(N)=O. The number of likely N-dealkylation sites (N-methyl/N-ethyl adjacent to an activating group) is 1. The van der Waals surface area contributed by atoms with Crippen LogP contribution in [0.1, 0.15) is 40.0 Å². The third-order valence-electron chi connectivity index (χ3n) is 3.93. The van der Waals surface area contributed by atoms with E-state index >= 15 is 0 Å². The minimum absolute atomic E-state index is 0.0468. The predicted octanol–water partition coefficient (Wildman–Crippen LogP) is 1.17. The van der Waals surface area contributed by atoms with Gasteiger partial charge in [0.1, 0.15) is 11.1 Å². The molecular formula is C18H36N4O4S. The number of thioether (sulfide) groups is 1. The molecule has 0 aliphatic carbocycles. The van der Waals surface area contributed by atoms with Crippen LogP contribution in [0.25, 0.3) is 0 Å². The van der Waals surface area contributed by atoms with Gasteiger partial charge in [0, 0.05) is 39.2 Å². The Bertz CT molecular complexity index is 532. The zero-order valence-corrected chi connectivity index (χ0v) is 18.5. The lowest BCUT2D eigenvalue weighted by Gasteiger charge is -2.33. The molecule has 0 saturated carbocycles. The lowest BCUT2D eigenvalue weighted by atomic mass is 9.98. The molecule has 0 radical (unpaired) electrons.